The van der Waals surface area contributed by atoms with Gasteiger partial charge in [0, 0.05) is 24.7 Å². The fourth-order valence-electron chi connectivity index (χ4n) is 7.62. The van der Waals surface area contributed by atoms with Crippen LogP contribution in [0.2, 0.25) is 0 Å². The van der Waals surface area contributed by atoms with Crippen LogP contribution in [0.4, 0.5) is 0 Å². The molecule has 1 aromatic carbocycles. The van der Waals surface area contributed by atoms with E-state index in [9.17, 15) is 14.4 Å². The highest BCUT2D eigenvalue weighted by atomic mass is 16.5. The van der Waals surface area contributed by atoms with Crippen LogP contribution in [-0.4, -0.2) is 29.9 Å². The minimum absolute atomic E-state index is 0.0109. The Kier molecular flexibility index (Phi) is 5.49. The Balaban J connectivity index is 1.37. The lowest BCUT2D eigenvalue weighted by Crippen LogP contribution is -2.54. The molecule has 0 aromatic heterocycles. The third kappa shape index (κ3) is 3.64. The van der Waals surface area contributed by atoms with Crippen molar-refractivity contribution in [3.8, 4) is 0 Å². The Morgan fingerprint density at radius 2 is 1.70 bits per heavy atom. The Labute approximate surface area is 195 Å². The molecule has 0 N–H and O–H groups in total. The average molecular weight is 451 g/mol. The van der Waals surface area contributed by atoms with Crippen molar-refractivity contribution in [2.24, 2.45) is 28.6 Å². The van der Waals surface area contributed by atoms with E-state index in [1.54, 1.807) is 12.1 Å². The van der Waals surface area contributed by atoms with Gasteiger partial charge in [-0.15, -0.1) is 0 Å². The van der Waals surface area contributed by atoms with E-state index >= 15 is 0 Å². The summed E-state index contributed by atoms with van der Waals surface area (Å²) in [7, 11) is 0. The highest BCUT2D eigenvalue weighted by molar-refractivity contribution is 5.94. The molecule has 0 aliphatic heterocycles. The van der Waals surface area contributed by atoms with Crippen molar-refractivity contribution in [3.05, 3.63) is 47.5 Å². The number of ether oxygens (including phenoxy) is 2. The van der Waals surface area contributed by atoms with Crippen LogP contribution in [0.3, 0.4) is 0 Å². The fraction of sp³-hybridized carbons (Fsp3) is 0.607. The predicted octanol–water partition coefficient (Wildman–Crippen LogP) is 5.29. The molecule has 0 saturated heterocycles. The first-order valence-corrected chi connectivity index (χ1v) is 12.4. The van der Waals surface area contributed by atoms with Gasteiger partial charge in [0.15, 0.2) is 5.78 Å². The first kappa shape index (κ1) is 22.4. The van der Waals surface area contributed by atoms with Gasteiger partial charge in [-0.3, -0.25) is 9.59 Å². The lowest BCUT2D eigenvalue weighted by atomic mass is 9.47. The molecule has 0 spiro atoms. The molecule has 4 aliphatic carbocycles. The van der Waals surface area contributed by atoms with Crippen molar-refractivity contribution in [2.75, 3.05) is 0 Å². The molecule has 0 heterocycles. The van der Waals surface area contributed by atoms with Gasteiger partial charge in [0.05, 0.1) is 5.56 Å². The molecule has 5 rings (SSSR count). The monoisotopic (exact) mass is 450 g/mol. The summed E-state index contributed by atoms with van der Waals surface area (Å²) in [5.74, 6) is 0.241. The quantitative estimate of drug-likeness (QED) is 0.586. The van der Waals surface area contributed by atoms with Crippen molar-refractivity contribution in [1.82, 2.24) is 0 Å². The van der Waals surface area contributed by atoms with E-state index in [4.69, 9.17) is 9.47 Å². The number of carbonyl (C=O) groups is 3. The van der Waals surface area contributed by atoms with Crippen LogP contribution in [0.15, 0.2) is 42.0 Å². The largest absolute Gasteiger partial charge is 0.462 e. The van der Waals surface area contributed by atoms with Crippen LogP contribution in [0.25, 0.3) is 0 Å². The van der Waals surface area contributed by atoms with Gasteiger partial charge in [-0.1, -0.05) is 37.6 Å². The molecule has 0 radical (unpaired) electrons. The summed E-state index contributed by atoms with van der Waals surface area (Å²) in [6, 6.07) is 9.17. The van der Waals surface area contributed by atoms with Gasteiger partial charge in [-0.25, -0.2) is 4.79 Å². The van der Waals surface area contributed by atoms with Crippen LogP contribution >= 0.6 is 0 Å². The Morgan fingerprint density at radius 3 is 2.42 bits per heavy atom. The smallest absolute Gasteiger partial charge is 0.338 e. The molecule has 33 heavy (non-hydrogen) atoms. The molecule has 5 heteroatoms. The second-order valence-corrected chi connectivity index (χ2v) is 11.1. The van der Waals surface area contributed by atoms with E-state index in [0.29, 0.717) is 17.9 Å². The zero-order chi connectivity index (χ0) is 23.4. The number of rotatable bonds is 3. The standard InChI is InChI=1S/C28H34O5/c1-17(29)32-20-11-13-27(2)19(15-20)16-23(30)25-21-9-10-24(28(21,3)14-12-22(25)27)33-26(31)18-7-5-4-6-8-18/h4-8,16,20-22,24-25H,9-15H2,1-3H3/t20-,21+,22+,24-,25+,27-,28-/m0/s1. The maximum absolute atomic E-state index is 13.5. The molecular formula is C28H34O5. The topological polar surface area (TPSA) is 69.7 Å². The van der Waals surface area contributed by atoms with Crippen molar-refractivity contribution >= 4 is 17.7 Å². The Hall–Kier alpha value is -2.43. The summed E-state index contributed by atoms with van der Waals surface area (Å²) in [5.41, 5.74) is 1.56. The zero-order valence-electron chi connectivity index (χ0n) is 19.8. The third-order valence-electron chi connectivity index (χ3n) is 9.41. The number of fused-ring (bicyclic) bond motifs is 5. The molecular weight excluding hydrogens is 416 g/mol. The molecule has 0 amide bonds. The van der Waals surface area contributed by atoms with Crippen LogP contribution in [0.1, 0.15) is 76.1 Å². The molecule has 176 valence electrons. The summed E-state index contributed by atoms with van der Waals surface area (Å²) in [5, 5.41) is 0. The second-order valence-electron chi connectivity index (χ2n) is 11.1. The summed E-state index contributed by atoms with van der Waals surface area (Å²) in [6.45, 7) is 6.00. The number of allylic oxidation sites excluding steroid dienone is 1. The van der Waals surface area contributed by atoms with Gasteiger partial charge in [-0.2, -0.15) is 0 Å². The summed E-state index contributed by atoms with van der Waals surface area (Å²) >= 11 is 0. The highest BCUT2D eigenvalue weighted by Crippen LogP contribution is 2.64. The number of hydrogen-bond donors (Lipinski definition) is 0. The van der Waals surface area contributed by atoms with Crippen LogP contribution < -0.4 is 0 Å². The third-order valence-corrected chi connectivity index (χ3v) is 9.41. The number of esters is 2. The highest BCUT2D eigenvalue weighted by Gasteiger charge is 2.62. The van der Waals surface area contributed by atoms with E-state index in [-0.39, 0.29) is 52.6 Å². The number of ketones is 1. The van der Waals surface area contributed by atoms with Gasteiger partial charge < -0.3 is 9.47 Å². The summed E-state index contributed by atoms with van der Waals surface area (Å²) in [4.78, 5) is 37.7. The van der Waals surface area contributed by atoms with Gasteiger partial charge in [0.25, 0.3) is 0 Å². The molecule has 3 saturated carbocycles. The minimum Gasteiger partial charge on any atom is -0.462 e. The Bertz CT molecular complexity index is 997. The molecule has 3 fully saturated rings. The minimum atomic E-state index is -0.266. The second kappa shape index (κ2) is 8.11. The molecule has 1 aromatic rings. The maximum Gasteiger partial charge on any atom is 0.338 e. The van der Waals surface area contributed by atoms with Crippen LogP contribution in [0, 0.1) is 28.6 Å². The maximum atomic E-state index is 13.5. The molecule has 0 unspecified atom stereocenters. The van der Waals surface area contributed by atoms with Crippen molar-refractivity contribution in [1.29, 1.82) is 0 Å². The number of hydrogen-bond acceptors (Lipinski definition) is 5. The number of carbonyl (C=O) groups excluding carboxylic acids is 3. The van der Waals surface area contributed by atoms with Crippen molar-refractivity contribution < 1.29 is 23.9 Å². The molecule has 7 atom stereocenters. The van der Waals surface area contributed by atoms with Gasteiger partial charge in [-0.05, 0) is 74.0 Å². The van der Waals surface area contributed by atoms with E-state index < -0.39 is 0 Å². The lowest BCUT2D eigenvalue weighted by molar-refractivity contribution is -0.149. The first-order valence-electron chi connectivity index (χ1n) is 12.4. The first-order chi connectivity index (χ1) is 15.7. The molecule has 4 aliphatic rings. The molecule has 5 nitrogen and oxygen atoms in total. The normalized spacial score (nSPS) is 39.5. The average Bonchev–Trinajstić information content (AvgIpc) is 3.11. The van der Waals surface area contributed by atoms with Crippen LogP contribution in [-0.2, 0) is 19.1 Å². The van der Waals surface area contributed by atoms with Crippen LogP contribution in [0.5, 0.6) is 0 Å². The van der Waals surface area contributed by atoms with E-state index in [1.807, 2.05) is 24.3 Å². The van der Waals surface area contributed by atoms with Crippen molar-refractivity contribution in [3.63, 3.8) is 0 Å². The van der Waals surface area contributed by atoms with E-state index in [0.717, 1.165) is 38.5 Å². The predicted molar refractivity (Wildman–Crippen MR) is 123 cm³/mol. The molecule has 0 bridgehead atoms. The van der Waals surface area contributed by atoms with E-state index in [1.165, 1.54) is 12.5 Å². The van der Waals surface area contributed by atoms with Gasteiger partial charge >= 0.3 is 11.9 Å². The van der Waals surface area contributed by atoms with Crippen molar-refractivity contribution in [2.45, 2.75) is 77.9 Å². The Morgan fingerprint density at radius 1 is 0.939 bits per heavy atom. The SMILES string of the molecule is CC(=O)O[C@H]1CC[C@@]2(C)C(=CC(=O)[C@@H]3[C@H]4CC[C@H](OC(=O)c5ccccc5)[C@@]4(C)CC[C@H]32)C1. The van der Waals surface area contributed by atoms with E-state index in [2.05, 4.69) is 13.8 Å². The summed E-state index contributed by atoms with van der Waals surface area (Å²) in [6.07, 6.45) is 7.75. The summed E-state index contributed by atoms with van der Waals surface area (Å²) < 4.78 is 11.5. The van der Waals surface area contributed by atoms with Gasteiger partial charge in [0.2, 0.25) is 0 Å². The number of benzene rings is 1. The lowest BCUT2D eigenvalue weighted by Gasteiger charge is -2.56. The fourth-order valence-corrected chi connectivity index (χ4v) is 7.62. The zero-order valence-corrected chi connectivity index (χ0v) is 19.8. The van der Waals surface area contributed by atoms with Gasteiger partial charge in [0.1, 0.15) is 12.2 Å².